The molecule has 1 aromatic carbocycles. The normalized spacial score (nSPS) is 22.9. The highest BCUT2D eigenvalue weighted by Gasteiger charge is 2.27. The molecule has 3 rings (SSSR count). The monoisotopic (exact) mass is 421 g/mol. The summed E-state index contributed by atoms with van der Waals surface area (Å²) in [5, 5.41) is 5.73. The molecular formula is C21H31N3O4S. The fraction of sp³-hybridized carbons (Fsp3) is 0.619. The van der Waals surface area contributed by atoms with Crippen LogP contribution in [0.15, 0.2) is 35.2 Å². The van der Waals surface area contributed by atoms with Crippen molar-refractivity contribution in [2.24, 2.45) is 11.8 Å². The van der Waals surface area contributed by atoms with Crippen molar-refractivity contribution < 1.29 is 18.0 Å². The van der Waals surface area contributed by atoms with Gasteiger partial charge in [-0.2, -0.15) is 0 Å². The van der Waals surface area contributed by atoms with Gasteiger partial charge in [0.15, 0.2) is 0 Å². The zero-order chi connectivity index (χ0) is 20.7. The molecule has 2 saturated carbocycles. The summed E-state index contributed by atoms with van der Waals surface area (Å²) < 4.78 is 27.3. The molecule has 0 atom stereocenters. The Hall–Kier alpha value is -1.93. The molecule has 0 aromatic heterocycles. The second kappa shape index (κ2) is 10.2. The molecule has 160 valence electrons. The molecule has 0 unspecified atom stereocenters. The SMILES string of the molecule is O=C(CNC(=O)C1CCC(CNS(=O)(=O)c2ccccc2)CC1)NC1CCCC1. The molecule has 8 heteroatoms. The zero-order valence-corrected chi connectivity index (χ0v) is 17.5. The van der Waals surface area contributed by atoms with Crippen LogP contribution >= 0.6 is 0 Å². The maximum absolute atomic E-state index is 12.3. The lowest BCUT2D eigenvalue weighted by molar-refractivity contribution is -0.129. The Labute approximate surface area is 173 Å². The van der Waals surface area contributed by atoms with Crippen molar-refractivity contribution in [1.29, 1.82) is 0 Å². The second-order valence-electron chi connectivity index (χ2n) is 8.15. The van der Waals surface area contributed by atoms with Crippen molar-refractivity contribution in [3.05, 3.63) is 30.3 Å². The molecule has 7 nitrogen and oxygen atoms in total. The number of nitrogens with one attached hydrogen (secondary N) is 3. The summed E-state index contributed by atoms with van der Waals surface area (Å²) in [6.07, 6.45) is 7.38. The van der Waals surface area contributed by atoms with Crippen LogP contribution in [0.5, 0.6) is 0 Å². The molecule has 2 amide bonds. The Morgan fingerprint density at radius 2 is 1.59 bits per heavy atom. The maximum Gasteiger partial charge on any atom is 0.240 e. The third-order valence-electron chi connectivity index (χ3n) is 5.98. The number of amides is 2. The van der Waals surface area contributed by atoms with Crippen molar-refractivity contribution in [2.75, 3.05) is 13.1 Å². The molecule has 3 N–H and O–H groups in total. The van der Waals surface area contributed by atoms with E-state index in [-0.39, 0.29) is 41.1 Å². The molecule has 2 fully saturated rings. The number of carbonyl (C=O) groups excluding carboxylic acids is 2. The van der Waals surface area contributed by atoms with Crippen LogP contribution in [0.1, 0.15) is 51.4 Å². The Morgan fingerprint density at radius 3 is 2.24 bits per heavy atom. The molecule has 29 heavy (non-hydrogen) atoms. The molecule has 0 radical (unpaired) electrons. The van der Waals surface area contributed by atoms with Gasteiger partial charge in [0.1, 0.15) is 0 Å². The van der Waals surface area contributed by atoms with Gasteiger partial charge in [0, 0.05) is 18.5 Å². The van der Waals surface area contributed by atoms with E-state index in [0.29, 0.717) is 19.4 Å². The van der Waals surface area contributed by atoms with E-state index in [1.165, 1.54) is 0 Å². The van der Waals surface area contributed by atoms with Crippen molar-refractivity contribution in [2.45, 2.75) is 62.3 Å². The summed E-state index contributed by atoms with van der Waals surface area (Å²) in [4.78, 5) is 24.6. The van der Waals surface area contributed by atoms with Crippen molar-refractivity contribution >= 4 is 21.8 Å². The van der Waals surface area contributed by atoms with Crippen LogP contribution < -0.4 is 15.4 Å². The lowest BCUT2D eigenvalue weighted by atomic mass is 9.81. The number of hydrogen-bond donors (Lipinski definition) is 3. The molecular weight excluding hydrogens is 390 g/mol. The fourth-order valence-corrected chi connectivity index (χ4v) is 5.34. The van der Waals surface area contributed by atoms with Crippen LogP contribution in [0.25, 0.3) is 0 Å². The first-order valence-electron chi connectivity index (χ1n) is 10.6. The number of benzene rings is 1. The molecule has 0 heterocycles. The number of rotatable bonds is 8. The van der Waals surface area contributed by atoms with Gasteiger partial charge < -0.3 is 10.6 Å². The topological polar surface area (TPSA) is 104 Å². The summed E-state index contributed by atoms with van der Waals surface area (Å²) in [5.41, 5.74) is 0. The molecule has 0 bridgehead atoms. The lowest BCUT2D eigenvalue weighted by Gasteiger charge is -2.27. The zero-order valence-electron chi connectivity index (χ0n) is 16.7. The second-order valence-corrected chi connectivity index (χ2v) is 9.92. The van der Waals surface area contributed by atoms with Crippen LogP contribution in [0, 0.1) is 11.8 Å². The van der Waals surface area contributed by atoms with E-state index in [2.05, 4.69) is 15.4 Å². The predicted molar refractivity (Wildman–Crippen MR) is 110 cm³/mol. The number of sulfonamides is 1. The van der Waals surface area contributed by atoms with Gasteiger partial charge in [-0.05, 0) is 56.6 Å². The fourth-order valence-electron chi connectivity index (χ4n) is 4.20. The van der Waals surface area contributed by atoms with Crippen molar-refractivity contribution in [1.82, 2.24) is 15.4 Å². The largest absolute Gasteiger partial charge is 0.352 e. The van der Waals surface area contributed by atoms with Gasteiger partial charge in [-0.25, -0.2) is 13.1 Å². The predicted octanol–water partition coefficient (Wildman–Crippen LogP) is 1.95. The summed E-state index contributed by atoms with van der Waals surface area (Å²) in [6.45, 7) is 0.418. The highest BCUT2D eigenvalue weighted by Crippen LogP contribution is 2.28. The van der Waals surface area contributed by atoms with Gasteiger partial charge in [0.25, 0.3) is 0 Å². The average molecular weight is 422 g/mol. The Balaban J connectivity index is 1.35. The van der Waals surface area contributed by atoms with Gasteiger partial charge in [-0.15, -0.1) is 0 Å². The third kappa shape index (κ3) is 6.54. The van der Waals surface area contributed by atoms with Crippen molar-refractivity contribution in [3.8, 4) is 0 Å². The highest BCUT2D eigenvalue weighted by atomic mass is 32.2. The smallest absolute Gasteiger partial charge is 0.240 e. The van der Waals surface area contributed by atoms with Crippen LogP contribution in [0.4, 0.5) is 0 Å². The van der Waals surface area contributed by atoms with Gasteiger partial charge in [-0.3, -0.25) is 9.59 Å². The van der Waals surface area contributed by atoms with Crippen molar-refractivity contribution in [3.63, 3.8) is 0 Å². The molecule has 0 spiro atoms. The van der Waals surface area contributed by atoms with Crippen LogP contribution in [0.3, 0.4) is 0 Å². The van der Waals surface area contributed by atoms with Gasteiger partial charge in [0.05, 0.1) is 11.4 Å². The van der Waals surface area contributed by atoms with Crippen LogP contribution in [-0.2, 0) is 19.6 Å². The number of hydrogen-bond acceptors (Lipinski definition) is 4. The summed E-state index contributed by atoms with van der Waals surface area (Å²) >= 11 is 0. The highest BCUT2D eigenvalue weighted by molar-refractivity contribution is 7.89. The lowest BCUT2D eigenvalue weighted by Crippen LogP contribution is -2.43. The number of carbonyl (C=O) groups is 2. The Kier molecular flexibility index (Phi) is 7.66. The van der Waals surface area contributed by atoms with Gasteiger partial charge in [-0.1, -0.05) is 31.0 Å². The van der Waals surface area contributed by atoms with Crippen LogP contribution in [-0.4, -0.2) is 39.4 Å². The third-order valence-corrected chi connectivity index (χ3v) is 7.42. The van der Waals surface area contributed by atoms with E-state index in [1.54, 1.807) is 30.3 Å². The minimum absolute atomic E-state index is 0.0339. The average Bonchev–Trinajstić information content (AvgIpc) is 3.24. The molecule has 2 aliphatic carbocycles. The quantitative estimate of drug-likeness (QED) is 0.597. The Bertz CT molecular complexity index is 783. The molecule has 1 aromatic rings. The van der Waals surface area contributed by atoms with Crippen LogP contribution in [0.2, 0.25) is 0 Å². The summed E-state index contributed by atoms with van der Waals surface area (Å²) in [5.74, 6) is -0.0661. The first-order chi connectivity index (χ1) is 13.9. The maximum atomic E-state index is 12.3. The first-order valence-corrected chi connectivity index (χ1v) is 12.0. The van der Waals surface area contributed by atoms with E-state index >= 15 is 0 Å². The summed E-state index contributed by atoms with van der Waals surface area (Å²) in [6, 6.07) is 8.59. The summed E-state index contributed by atoms with van der Waals surface area (Å²) in [7, 11) is -3.49. The molecule has 2 aliphatic rings. The van der Waals surface area contributed by atoms with E-state index in [1.807, 2.05) is 0 Å². The van der Waals surface area contributed by atoms with Gasteiger partial charge in [0.2, 0.25) is 21.8 Å². The first kappa shape index (κ1) is 21.8. The van der Waals surface area contributed by atoms with Gasteiger partial charge >= 0.3 is 0 Å². The van der Waals surface area contributed by atoms with E-state index in [0.717, 1.165) is 38.5 Å². The van der Waals surface area contributed by atoms with E-state index in [4.69, 9.17) is 0 Å². The minimum atomic E-state index is -3.49. The standard InChI is InChI=1S/C21H31N3O4S/c25-20(24-18-6-4-5-7-18)15-22-21(26)17-12-10-16(11-13-17)14-23-29(27,28)19-8-2-1-3-9-19/h1-3,8-9,16-18,23H,4-7,10-15H2,(H,22,26)(H,24,25). The minimum Gasteiger partial charge on any atom is -0.352 e. The Morgan fingerprint density at radius 1 is 0.931 bits per heavy atom. The molecule has 0 aliphatic heterocycles. The van der Waals surface area contributed by atoms with E-state index < -0.39 is 10.0 Å². The van der Waals surface area contributed by atoms with E-state index in [9.17, 15) is 18.0 Å². The molecule has 0 saturated heterocycles.